The lowest BCUT2D eigenvalue weighted by atomic mass is 9.75. The van der Waals surface area contributed by atoms with E-state index in [1.807, 2.05) is 6.20 Å². The zero-order valence-corrected chi connectivity index (χ0v) is 11.9. The summed E-state index contributed by atoms with van der Waals surface area (Å²) in [7, 11) is 2.09. The lowest BCUT2D eigenvalue weighted by Gasteiger charge is -2.34. The molecule has 1 fully saturated rings. The molecule has 0 aliphatic heterocycles. The molecule has 1 aromatic rings. The van der Waals surface area contributed by atoms with Gasteiger partial charge in [0.2, 0.25) is 0 Å². The Morgan fingerprint density at radius 1 is 1.44 bits per heavy atom. The molecular weight excluding hydrogens is 220 g/mol. The van der Waals surface area contributed by atoms with Crippen molar-refractivity contribution in [3.05, 3.63) is 29.6 Å². The maximum Gasteiger partial charge on any atom is 0.0375 e. The molecule has 2 heteroatoms. The molecule has 3 unspecified atom stereocenters. The molecule has 100 valence electrons. The zero-order chi connectivity index (χ0) is 13.0. The van der Waals surface area contributed by atoms with E-state index in [2.05, 4.69) is 43.3 Å². The molecule has 1 aromatic heterocycles. The Hall–Kier alpha value is -0.890. The van der Waals surface area contributed by atoms with E-state index in [0.29, 0.717) is 6.04 Å². The lowest BCUT2D eigenvalue weighted by Crippen LogP contribution is -2.29. The highest BCUT2D eigenvalue weighted by Crippen LogP contribution is 2.38. The Labute approximate surface area is 111 Å². The first-order chi connectivity index (χ1) is 8.74. The van der Waals surface area contributed by atoms with Crippen LogP contribution in [0.15, 0.2) is 18.3 Å². The van der Waals surface area contributed by atoms with E-state index >= 15 is 0 Å². The fraction of sp³-hybridized carbons (Fsp3) is 0.688. The second-order valence-electron chi connectivity index (χ2n) is 5.70. The fourth-order valence-corrected chi connectivity index (χ4v) is 3.44. The van der Waals surface area contributed by atoms with Gasteiger partial charge in [0.15, 0.2) is 0 Å². The second-order valence-corrected chi connectivity index (χ2v) is 5.70. The summed E-state index contributed by atoms with van der Waals surface area (Å²) in [5, 5.41) is 3.53. The molecule has 1 saturated carbocycles. The number of nitrogens with zero attached hydrogens (tertiary/aromatic N) is 1. The van der Waals surface area contributed by atoms with Crippen LogP contribution in [-0.4, -0.2) is 12.0 Å². The normalized spacial score (nSPS) is 25.9. The minimum absolute atomic E-state index is 0.501. The van der Waals surface area contributed by atoms with E-state index in [4.69, 9.17) is 0 Å². The van der Waals surface area contributed by atoms with Crippen LogP contribution in [0.4, 0.5) is 0 Å². The highest BCUT2D eigenvalue weighted by molar-refractivity contribution is 5.20. The van der Waals surface area contributed by atoms with E-state index < -0.39 is 0 Å². The van der Waals surface area contributed by atoms with Crippen molar-refractivity contribution >= 4 is 0 Å². The van der Waals surface area contributed by atoms with Crippen LogP contribution in [0.3, 0.4) is 0 Å². The van der Waals surface area contributed by atoms with Crippen molar-refractivity contribution in [3.63, 3.8) is 0 Å². The Morgan fingerprint density at radius 2 is 2.28 bits per heavy atom. The molecule has 1 aliphatic rings. The van der Waals surface area contributed by atoms with Gasteiger partial charge < -0.3 is 5.32 Å². The summed E-state index contributed by atoms with van der Waals surface area (Å²) in [5.41, 5.74) is 2.53. The topological polar surface area (TPSA) is 24.9 Å². The van der Waals surface area contributed by atoms with Gasteiger partial charge in [-0.05, 0) is 56.3 Å². The van der Waals surface area contributed by atoms with Gasteiger partial charge in [-0.3, -0.25) is 4.98 Å². The number of aromatic nitrogens is 1. The molecule has 0 bridgehead atoms. The Bertz CT molecular complexity index is 375. The standard InChI is InChI=1S/C16H26N2/c1-4-13-6-5-7-14(11-13)16(17-3)15-8-9-18-12(2)10-15/h8-10,13-14,16-17H,4-7,11H2,1-3H3. The second kappa shape index (κ2) is 6.33. The average molecular weight is 246 g/mol. The van der Waals surface area contributed by atoms with Crippen molar-refractivity contribution in [1.82, 2.24) is 10.3 Å². The van der Waals surface area contributed by atoms with Gasteiger partial charge in [0, 0.05) is 17.9 Å². The minimum atomic E-state index is 0.501. The summed E-state index contributed by atoms with van der Waals surface area (Å²) >= 11 is 0. The molecule has 2 nitrogen and oxygen atoms in total. The van der Waals surface area contributed by atoms with Crippen molar-refractivity contribution in [2.24, 2.45) is 11.8 Å². The summed E-state index contributed by atoms with van der Waals surface area (Å²) in [6, 6.07) is 4.90. The third-order valence-corrected chi connectivity index (χ3v) is 4.46. The van der Waals surface area contributed by atoms with E-state index in [0.717, 1.165) is 17.5 Å². The number of rotatable bonds is 4. The van der Waals surface area contributed by atoms with Gasteiger partial charge in [0.1, 0.15) is 0 Å². The monoisotopic (exact) mass is 246 g/mol. The molecule has 0 aromatic carbocycles. The van der Waals surface area contributed by atoms with Crippen molar-refractivity contribution in [2.75, 3.05) is 7.05 Å². The Morgan fingerprint density at radius 3 is 2.94 bits per heavy atom. The smallest absolute Gasteiger partial charge is 0.0375 e. The minimum Gasteiger partial charge on any atom is -0.313 e. The van der Waals surface area contributed by atoms with Crippen LogP contribution in [0.25, 0.3) is 0 Å². The molecule has 0 saturated heterocycles. The van der Waals surface area contributed by atoms with Crippen LogP contribution in [-0.2, 0) is 0 Å². The summed E-state index contributed by atoms with van der Waals surface area (Å²) in [6.45, 7) is 4.41. The highest BCUT2D eigenvalue weighted by atomic mass is 14.9. The van der Waals surface area contributed by atoms with Gasteiger partial charge >= 0.3 is 0 Å². The molecule has 1 heterocycles. The lowest BCUT2D eigenvalue weighted by molar-refractivity contribution is 0.214. The summed E-state index contributed by atoms with van der Waals surface area (Å²) in [5.74, 6) is 1.72. The summed E-state index contributed by atoms with van der Waals surface area (Å²) < 4.78 is 0. The predicted molar refractivity (Wildman–Crippen MR) is 76.5 cm³/mol. The molecule has 0 radical (unpaired) electrons. The molecular formula is C16H26N2. The number of hydrogen-bond donors (Lipinski definition) is 1. The molecule has 2 rings (SSSR count). The van der Waals surface area contributed by atoms with Crippen LogP contribution in [0, 0.1) is 18.8 Å². The van der Waals surface area contributed by atoms with E-state index in [9.17, 15) is 0 Å². The highest BCUT2D eigenvalue weighted by Gasteiger charge is 2.27. The van der Waals surface area contributed by atoms with Crippen LogP contribution in [0.1, 0.15) is 56.3 Å². The fourth-order valence-electron chi connectivity index (χ4n) is 3.44. The molecule has 0 amide bonds. The van der Waals surface area contributed by atoms with Crippen molar-refractivity contribution in [3.8, 4) is 0 Å². The quantitative estimate of drug-likeness (QED) is 0.872. The zero-order valence-electron chi connectivity index (χ0n) is 11.9. The van der Waals surface area contributed by atoms with E-state index in [-0.39, 0.29) is 0 Å². The third-order valence-electron chi connectivity index (χ3n) is 4.46. The molecule has 1 N–H and O–H groups in total. The maximum absolute atomic E-state index is 4.31. The number of hydrogen-bond acceptors (Lipinski definition) is 2. The van der Waals surface area contributed by atoms with Gasteiger partial charge in [-0.2, -0.15) is 0 Å². The van der Waals surface area contributed by atoms with Crippen LogP contribution in [0.2, 0.25) is 0 Å². The summed E-state index contributed by atoms with van der Waals surface area (Å²) in [4.78, 5) is 4.31. The van der Waals surface area contributed by atoms with Gasteiger partial charge in [-0.1, -0.05) is 26.2 Å². The van der Waals surface area contributed by atoms with Crippen molar-refractivity contribution in [1.29, 1.82) is 0 Å². The largest absolute Gasteiger partial charge is 0.313 e. The van der Waals surface area contributed by atoms with Crippen LogP contribution in [0.5, 0.6) is 0 Å². The third kappa shape index (κ3) is 3.11. The van der Waals surface area contributed by atoms with Crippen LogP contribution < -0.4 is 5.32 Å². The van der Waals surface area contributed by atoms with Gasteiger partial charge in [-0.15, -0.1) is 0 Å². The average Bonchev–Trinajstić information content (AvgIpc) is 2.40. The van der Waals surface area contributed by atoms with E-state index in [1.165, 1.54) is 37.7 Å². The first-order valence-electron chi connectivity index (χ1n) is 7.34. The molecule has 18 heavy (non-hydrogen) atoms. The molecule has 3 atom stereocenters. The number of aryl methyl sites for hydroxylation is 1. The van der Waals surface area contributed by atoms with Crippen LogP contribution >= 0.6 is 0 Å². The summed E-state index contributed by atoms with van der Waals surface area (Å²) in [6.07, 6.45) is 8.84. The SMILES string of the molecule is CCC1CCCC(C(NC)c2ccnc(C)c2)C1. The first-order valence-corrected chi connectivity index (χ1v) is 7.34. The van der Waals surface area contributed by atoms with Crippen molar-refractivity contribution in [2.45, 2.75) is 52.0 Å². The van der Waals surface area contributed by atoms with E-state index in [1.54, 1.807) is 0 Å². The Balaban J connectivity index is 2.12. The molecule has 1 aliphatic carbocycles. The maximum atomic E-state index is 4.31. The predicted octanol–water partition coefficient (Wildman–Crippen LogP) is 3.87. The van der Waals surface area contributed by atoms with Gasteiger partial charge in [-0.25, -0.2) is 0 Å². The number of nitrogens with one attached hydrogen (secondary N) is 1. The van der Waals surface area contributed by atoms with Crippen molar-refractivity contribution < 1.29 is 0 Å². The number of pyridine rings is 1. The van der Waals surface area contributed by atoms with Gasteiger partial charge in [0.25, 0.3) is 0 Å². The van der Waals surface area contributed by atoms with Gasteiger partial charge in [0.05, 0.1) is 0 Å². The Kier molecular flexibility index (Phi) is 4.76. The molecule has 0 spiro atoms. The first kappa shape index (κ1) is 13.5.